The second kappa shape index (κ2) is 6.56. The van der Waals surface area contributed by atoms with Crippen LogP contribution in [0, 0.1) is 0 Å². The quantitative estimate of drug-likeness (QED) is 0.802. The lowest BCUT2D eigenvalue weighted by atomic mass is 10.4. The fraction of sp³-hybridized carbons (Fsp3) is 0.714. The van der Waals surface area contributed by atoms with E-state index in [0.717, 1.165) is 24.1 Å². The summed E-state index contributed by atoms with van der Waals surface area (Å²) < 4.78 is 27.4. The summed E-state index contributed by atoms with van der Waals surface area (Å²) in [5.74, 6) is 0. The summed E-state index contributed by atoms with van der Waals surface area (Å²) in [6, 6.07) is 2.33. The zero-order valence-electron chi connectivity index (χ0n) is 12.4. The predicted molar refractivity (Wildman–Crippen MR) is 83.5 cm³/mol. The lowest BCUT2D eigenvalue weighted by Crippen LogP contribution is -2.34. The smallest absolute Gasteiger partial charge is 0.244 e. The number of nitrogens with zero attached hydrogens (tertiary/aromatic N) is 1. The maximum atomic E-state index is 12.8. The van der Waals surface area contributed by atoms with Gasteiger partial charge >= 0.3 is 0 Å². The van der Waals surface area contributed by atoms with Crippen molar-refractivity contribution < 1.29 is 8.42 Å². The topological polar surface area (TPSA) is 49.4 Å². The van der Waals surface area contributed by atoms with Gasteiger partial charge < -0.3 is 5.32 Å². The van der Waals surface area contributed by atoms with E-state index < -0.39 is 10.0 Å². The van der Waals surface area contributed by atoms with Crippen LogP contribution in [-0.2, 0) is 16.6 Å². The van der Waals surface area contributed by atoms with Gasteiger partial charge in [0.25, 0.3) is 0 Å². The van der Waals surface area contributed by atoms with E-state index in [4.69, 9.17) is 0 Å². The molecule has 1 aromatic heterocycles. The van der Waals surface area contributed by atoms with Crippen LogP contribution in [-0.4, -0.2) is 31.4 Å². The van der Waals surface area contributed by atoms with Crippen LogP contribution in [0.4, 0.5) is 0 Å². The van der Waals surface area contributed by atoms with Crippen molar-refractivity contribution in [2.45, 2.75) is 63.6 Å². The van der Waals surface area contributed by atoms with Crippen molar-refractivity contribution in [2.24, 2.45) is 0 Å². The third-order valence-corrected chi connectivity index (χ3v) is 6.45. The molecule has 1 aliphatic rings. The first-order chi connectivity index (χ1) is 9.46. The lowest BCUT2D eigenvalue weighted by Gasteiger charge is -2.21. The van der Waals surface area contributed by atoms with Crippen LogP contribution in [0.2, 0.25) is 0 Å². The summed E-state index contributed by atoms with van der Waals surface area (Å²) in [6.45, 7) is 7.40. The van der Waals surface area contributed by atoms with Crippen LogP contribution in [0.1, 0.15) is 44.9 Å². The Bertz CT molecular complexity index is 533. The van der Waals surface area contributed by atoms with Gasteiger partial charge in [0.2, 0.25) is 10.0 Å². The maximum Gasteiger partial charge on any atom is 0.244 e. The van der Waals surface area contributed by atoms with Gasteiger partial charge in [0.15, 0.2) is 0 Å². The molecule has 0 spiro atoms. The number of nitrogens with one attached hydrogen (secondary N) is 1. The van der Waals surface area contributed by atoms with Crippen molar-refractivity contribution in [3.05, 3.63) is 16.3 Å². The van der Waals surface area contributed by atoms with Crippen molar-refractivity contribution in [2.75, 3.05) is 6.54 Å². The zero-order chi connectivity index (χ0) is 14.8. The van der Waals surface area contributed by atoms with E-state index in [2.05, 4.69) is 19.2 Å². The molecule has 114 valence electrons. The summed E-state index contributed by atoms with van der Waals surface area (Å²) in [4.78, 5) is 1.41. The average Bonchev–Trinajstić information content (AvgIpc) is 3.09. The first kappa shape index (κ1) is 15.9. The normalized spacial score (nSPS) is 16.2. The Labute approximate surface area is 126 Å². The molecule has 1 aliphatic carbocycles. The van der Waals surface area contributed by atoms with E-state index >= 15 is 0 Å². The van der Waals surface area contributed by atoms with E-state index in [1.165, 1.54) is 11.3 Å². The van der Waals surface area contributed by atoms with Crippen molar-refractivity contribution >= 4 is 21.4 Å². The molecule has 0 aliphatic heterocycles. The van der Waals surface area contributed by atoms with Crippen LogP contribution in [0.25, 0.3) is 0 Å². The molecule has 0 aromatic carbocycles. The summed E-state index contributed by atoms with van der Waals surface area (Å²) in [6.07, 6.45) is 2.87. The van der Waals surface area contributed by atoms with Crippen LogP contribution < -0.4 is 5.32 Å². The Kier molecular flexibility index (Phi) is 5.23. The minimum atomic E-state index is -3.33. The molecule has 0 radical (unpaired) electrons. The molecule has 1 heterocycles. The second-order valence-corrected chi connectivity index (χ2v) is 8.45. The average molecular weight is 316 g/mol. The fourth-order valence-corrected chi connectivity index (χ4v) is 5.34. The Hall–Kier alpha value is -0.430. The van der Waals surface area contributed by atoms with Crippen LogP contribution >= 0.6 is 11.3 Å². The van der Waals surface area contributed by atoms with Gasteiger partial charge in [-0.3, -0.25) is 0 Å². The highest BCUT2D eigenvalue weighted by atomic mass is 32.2. The Morgan fingerprint density at radius 2 is 2.15 bits per heavy atom. The molecule has 0 unspecified atom stereocenters. The number of thiophene rings is 1. The van der Waals surface area contributed by atoms with Gasteiger partial charge in [0.05, 0.1) is 4.90 Å². The van der Waals surface area contributed by atoms with Gasteiger partial charge in [-0.05, 0) is 30.7 Å². The van der Waals surface area contributed by atoms with Crippen molar-refractivity contribution in [1.29, 1.82) is 0 Å². The van der Waals surface area contributed by atoms with Crippen molar-refractivity contribution in [1.82, 2.24) is 9.62 Å². The molecular formula is C14H24N2O2S2. The molecule has 4 nitrogen and oxygen atoms in total. The van der Waals surface area contributed by atoms with E-state index in [-0.39, 0.29) is 6.04 Å². The number of rotatable bonds is 8. The van der Waals surface area contributed by atoms with Crippen LogP contribution in [0.3, 0.4) is 0 Å². The monoisotopic (exact) mass is 316 g/mol. The molecule has 6 heteroatoms. The number of hydrogen-bond donors (Lipinski definition) is 1. The van der Waals surface area contributed by atoms with E-state index in [1.807, 2.05) is 12.3 Å². The van der Waals surface area contributed by atoms with Gasteiger partial charge in [-0.15, -0.1) is 11.3 Å². The minimum Gasteiger partial charge on any atom is -0.310 e. The number of sulfonamides is 1. The second-order valence-electron chi connectivity index (χ2n) is 5.59. The van der Waals surface area contributed by atoms with Gasteiger partial charge in [-0.25, -0.2) is 8.42 Å². The molecule has 20 heavy (non-hydrogen) atoms. The summed E-state index contributed by atoms with van der Waals surface area (Å²) in [5, 5.41) is 5.18. The highest BCUT2D eigenvalue weighted by Crippen LogP contribution is 2.34. The van der Waals surface area contributed by atoms with E-state index in [0.29, 0.717) is 24.0 Å². The van der Waals surface area contributed by atoms with E-state index in [1.54, 1.807) is 10.4 Å². The molecule has 0 atom stereocenters. The Morgan fingerprint density at radius 1 is 1.45 bits per heavy atom. The van der Waals surface area contributed by atoms with Gasteiger partial charge in [-0.1, -0.05) is 20.8 Å². The third kappa shape index (κ3) is 3.61. The summed E-state index contributed by atoms with van der Waals surface area (Å²) in [7, 11) is -3.33. The SMILES string of the molecule is CCCN(C1CC1)S(=O)(=O)c1ccsc1CNC(C)C. The predicted octanol–water partition coefficient (Wildman–Crippen LogP) is 2.81. The fourth-order valence-electron chi connectivity index (χ4n) is 2.19. The molecule has 0 bridgehead atoms. The lowest BCUT2D eigenvalue weighted by molar-refractivity contribution is 0.403. The zero-order valence-corrected chi connectivity index (χ0v) is 14.1. The Morgan fingerprint density at radius 3 is 2.70 bits per heavy atom. The molecule has 1 aromatic rings. The molecule has 1 N–H and O–H groups in total. The third-order valence-electron chi connectivity index (χ3n) is 3.36. The van der Waals surface area contributed by atoms with Crippen molar-refractivity contribution in [3.8, 4) is 0 Å². The van der Waals surface area contributed by atoms with Crippen LogP contribution in [0.5, 0.6) is 0 Å². The minimum absolute atomic E-state index is 0.228. The van der Waals surface area contributed by atoms with Gasteiger partial charge in [-0.2, -0.15) is 4.31 Å². The molecule has 1 fully saturated rings. The van der Waals surface area contributed by atoms with Gasteiger partial charge in [0.1, 0.15) is 0 Å². The highest BCUT2D eigenvalue weighted by molar-refractivity contribution is 7.89. The Balaban J connectivity index is 2.22. The maximum absolute atomic E-state index is 12.8. The summed E-state index contributed by atoms with van der Waals surface area (Å²) in [5.41, 5.74) is 0. The highest BCUT2D eigenvalue weighted by Gasteiger charge is 2.38. The molecule has 2 rings (SSSR count). The van der Waals surface area contributed by atoms with Crippen LogP contribution in [0.15, 0.2) is 16.3 Å². The molecule has 0 amide bonds. The molecule has 0 saturated heterocycles. The largest absolute Gasteiger partial charge is 0.310 e. The van der Waals surface area contributed by atoms with Gasteiger partial charge in [0, 0.05) is 30.1 Å². The molecule has 1 saturated carbocycles. The van der Waals surface area contributed by atoms with Crippen molar-refractivity contribution in [3.63, 3.8) is 0 Å². The first-order valence-corrected chi connectivity index (χ1v) is 9.60. The summed E-state index contributed by atoms with van der Waals surface area (Å²) >= 11 is 1.52. The first-order valence-electron chi connectivity index (χ1n) is 7.28. The van der Waals surface area contributed by atoms with E-state index in [9.17, 15) is 8.42 Å². The molecular weight excluding hydrogens is 292 g/mol. The number of hydrogen-bond acceptors (Lipinski definition) is 4. The standard InChI is InChI=1S/C14H24N2O2S2/c1-4-8-16(12-5-6-12)20(17,18)14-7-9-19-13(14)10-15-11(2)3/h7,9,11-12,15H,4-6,8,10H2,1-3H3.